The normalized spacial score (nSPS) is 14.9. The molecule has 0 saturated heterocycles. The number of amides is 2. The number of benzene rings is 2. The molecule has 1 unspecified atom stereocenters. The number of rotatable bonds is 5. The van der Waals surface area contributed by atoms with Gasteiger partial charge in [-0.05, 0) is 55.7 Å². The average molecular weight is 436 g/mol. The summed E-state index contributed by atoms with van der Waals surface area (Å²) < 4.78 is 4.69. The molecule has 1 aromatic heterocycles. The number of nitrogens with zero attached hydrogens (tertiary/aromatic N) is 1. The van der Waals surface area contributed by atoms with E-state index in [0.29, 0.717) is 28.4 Å². The summed E-state index contributed by atoms with van der Waals surface area (Å²) in [6, 6.07) is 15.5. The van der Waals surface area contributed by atoms with E-state index in [1.165, 1.54) is 18.4 Å². The Morgan fingerprint density at radius 2 is 1.74 bits per heavy atom. The molecule has 1 atom stereocenters. The Bertz CT molecular complexity index is 1110. The predicted molar refractivity (Wildman–Crippen MR) is 119 cm³/mol. The zero-order valence-electron chi connectivity index (χ0n) is 16.9. The molecule has 2 aromatic carbocycles. The predicted octanol–water partition coefficient (Wildman–Crippen LogP) is 4.24. The Labute approximate surface area is 183 Å². The number of aryl methyl sites for hydroxylation is 1. The molecular formula is C23H21N3O4S. The van der Waals surface area contributed by atoms with Gasteiger partial charge in [-0.25, -0.2) is 9.78 Å². The number of aromatic nitrogens is 1. The maximum atomic E-state index is 12.9. The molecule has 8 heteroatoms. The van der Waals surface area contributed by atoms with Crippen LogP contribution in [0.3, 0.4) is 0 Å². The number of ether oxygens (including phenoxy) is 1. The summed E-state index contributed by atoms with van der Waals surface area (Å²) in [5.74, 6) is -1.19. The summed E-state index contributed by atoms with van der Waals surface area (Å²) >= 11 is 1.42. The first kappa shape index (κ1) is 20.7. The topological polar surface area (TPSA) is 97.4 Å². The Morgan fingerprint density at radius 3 is 2.45 bits per heavy atom. The lowest BCUT2D eigenvalue weighted by Crippen LogP contribution is -2.24. The highest BCUT2D eigenvalue weighted by Crippen LogP contribution is 2.37. The van der Waals surface area contributed by atoms with E-state index in [-0.39, 0.29) is 17.7 Å². The largest absolute Gasteiger partial charge is 0.465 e. The lowest BCUT2D eigenvalue weighted by atomic mass is 9.90. The van der Waals surface area contributed by atoms with Gasteiger partial charge in [0.2, 0.25) is 5.91 Å². The third-order valence-corrected chi connectivity index (χ3v) is 6.15. The molecule has 31 heavy (non-hydrogen) atoms. The SMILES string of the molecule is COC(=O)c1ccc(NC(=O)C2CCCc3sc(NC(=O)c4ccccc4)nc32)cc1. The maximum Gasteiger partial charge on any atom is 0.337 e. The Morgan fingerprint density at radius 1 is 1.00 bits per heavy atom. The van der Waals surface area contributed by atoms with Crippen LogP contribution in [0.2, 0.25) is 0 Å². The quantitative estimate of drug-likeness (QED) is 0.584. The molecule has 2 N–H and O–H groups in total. The van der Waals surface area contributed by atoms with Crippen molar-refractivity contribution in [3.63, 3.8) is 0 Å². The van der Waals surface area contributed by atoms with E-state index in [9.17, 15) is 14.4 Å². The zero-order valence-corrected chi connectivity index (χ0v) is 17.7. The molecule has 0 saturated carbocycles. The van der Waals surface area contributed by atoms with Crippen molar-refractivity contribution in [2.45, 2.75) is 25.2 Å². The fourth-order valence-electron chi connectivity index (χ4n) is 3.52. The van der Waals surface area contributed by atoms with Crippen LogP contribution in [0.25, 0.3) is 0 Å². The average Bonchev–Trinajstić information content (AvgIpc) is 3.22. The van der Waals surface area contributed by atoms with E-state index >= 15 is 0 Å². The summed E-state index contributed by atoms with van der Waals surface area (Å²) in [5.41, 5.74) is 2.29. The van der Waals surface area contributed by atoms with Gasteiger partial charge >= 0.3 is 5.97 Å². The van der Waals surface area contributed by atoms with Crippen LogP contribution in [0, 0.1) is 0 Å². The molecule has 1 aliphatic rings. The van der Waals surface area contributed by atoms with E-state index in [2.05, 4.69) is 20.4 Å². The Balaban J connectivity index is 1.47. The zero-order chi connectivity index (χ0) is 21.8. The summed E-state index contributed by atoms with van der Waals surface area (Å²) in [4.78, 5) is 42.5. The molecule has 2 amide bonds. The van der Waals surface area contributed by atoms with E-state index in [1.54, 1.807) is 48.5 Å². The summed E-state index contributed by atoms with van der Waals surface area (Å²) in [6.07, 6.45) is 2.40. The van der Waals surface area contributed by atoms with Crippen molar-refractivity contribution in [1.29, 1.82) is 0 Å². The van der Waals surface area contributed by atoms with Crippen LogP contribution < -0.4 is 10.6 Å². The molecular weight excluding hydrogens is 414 g/mol. The highest BCUT2D eigenvalue weighted by atomic mass is 32.1. The van der Waals surface area contributed by atoms with Gasteiger partial charge in [0.25, 0.3) is 5.91 Å². The van der Waals surface area contributed by atoms with Crippen molar-refractivity contribution in [2.75, 3.05) is 17.7 Å². The number of methoxy groups -OCH3 is 1. The van der Waals surface area contributed by atoms with Gasteiger partial charge in [-0.1, -0.05) is 18.2 Å². The molecule has 0 radical (unpaired) electrons. The van der Waals surface area contributed by atoms with Crippen LogP contribution in [-0.4, -0.2) is 29.9 Å². The molecule has 0 spiro atoms. The first-order chi connectivity index (χ1) is 15.0. The van der Waals surface area contributed by atoms with Crippen molar-refractivity contribution in [3.05, 3.63) is 76.3 Å². The fourth-order valence-corrected chi connectivity index (χ4v) is 4.58. The van der Waals surface area contributed by atoms with Crippen molar-refractivity contribution in [3.8, 4) is 0 Å². The minimum Gasteiger partial charge on any atom is -0.465 e. The first-order valence-electron chi connectivity index (χ1n) is 9.90. The van der Waals surface area contributed by atoms with Gasteiger partial charge < -0.3 is 10.1 Å². The lowest BCUT2D eigenvalue weighted by Gasteiger charge is -2.20. The van der Waals surface area contributed by atoms with Crippen LogP contribution in [0.4, 0.5) is 10.8 Å². The van der Waals surface area contributed by atoms with Crippen LogP contribution in [0.5, 0.6) is 0 Å². The molecule has 1 aliphatic carbocycles. The highest BCUT2D eigenvalue weighted by molar-refractivity contribution is 7.16. The van der Waals surface area contributed by atoms with Gasteiger partial charge in [-0.2, -0.15) is 0 Å². The first-order valence-corrected chi connectivity index (χ1v) is 10.7. The number of carbonyl (C=O) groups excluding carboxylic acids is 3. The van der Waals surface area contributed by atoms with Gasteiger partial charge in [0.15, 0.2) is 5.13 Å². The molecule has 1 heterocycles. The van der Waals surface area contributed by atoms with Crippen LogP contribution in [0.1, 0.15) is 50.0 Å². The molecule has 4 rings (SSSR count). The van der Waals surface area contributed by atoms with Crippen molar-refractivity contribution in [2.24, 2.45) is 0 Å². The second kappa shape index (κ2) is 9.09. The smallest absolute Gasteiger partial charge is 0.337 e. The standard InChI is InChI=1S/C23H21N3O4S/c1-30-22(29)15-10-12-16(13-11-15)24-21(28)17-8-5-9-18-19(17)25-23(31-18)26-20(27)14-6-3-2-4-7-14/h2-4,6-7,10-13,17H,5,8-9H2,1H3,(H,24,28)(H,25,26,27). The summed E-state index contributed by atoms with van der Waals surface area (Å²) in [5, 5.41) is 6.24. The fraction of sp³-hybridized carbons (Fsp3) is 0.217. The number of hydrogen-bond donors (Lipinski definition) is 2. The number of thiazole rings is 1. The lowest BCUT2D eigenvalue weighted by molar-refractivity contribution is -0.117. The van der Waals surface area contributed by atoms with Crippen molar-refractivity contribution >= 4 is 39.9 Å². The van der Waals surface area contributed by atoms with Gasteiger partial charge in [-0.3, -0.25) is 14.9 Å². The molecule has 0 fully saturated rings. The maximum absolute atomic E-state index is 12.9. The second-order valence-corrected chi connectivity index (χ2v) is 8.23. The monoisotopic (exact) mass is 435 g/mol. The van der Waals surface area contributed by atoms with E-state index in [0.717, 1.165) is 23.4 Å². The minimum absolute atomic E-state index is 0.155. The second-order valence-electron chi connectivity index (χ2n) is 7.15. The van der Waals surface area contributed by atoms with Gasteiger partial charge in [-0.15, -0.1) is 11.3 Å². The molecule has 7 nitrogen and oxygen atoms in total. The molecule has 0 bridgehead atoms. The Hall–Kier alpha value is -3.52. The number of carbonyl (C=O) groups is 3. The molecule has 158 valence electrons. The number of anilines is 2. The number of esters is 1. The molecule has 0 aliphatic heterocycles. The summed E-state index contributed by atoms with van der Waals surface area (Å²) in [7, 11) is 1.32. The van der Waals surface area contributed by atoms with Crippen molar-refractivity contribution < 1.29 is 19.1 Å². The molecule has 3 aromatic rings. The number of hydrogen-bond acceptors (Lipinski definition) is 6. The third kappa shape index (κ3) is 4.64. The third-order valence-electron chi connectivity index (χ3n) is 5.10. The van der Waals surface area contributed by atoms with Crippen molar-refractivity contribution in [1.82, 2.24) is 4.98 Å². The van der Waals surface area contributed by atoms with E-state index in [1.807, 2.05) is 6.07 Å². The van der Waals surface area contributed by atoms with E-state index in [4.69, 9.17) is 0 Å². The van der Waals surface area contributed by atoms with Gasteiger partial charge in [0.05, 0.1) is 24.3 Å². The summed E-state index contributed by atoms with van der Waals surface area (Å²) in [6.45, 7) is 0. The number of fused-ring (bicyclic) bond motifs is 1. The van der Waals surface area contributed by atoms with E-state index < -0.39 is 5.97 Å². The highest BCUT2D eigenvalue weighted by Gasteiger charge is 2.30. The van der Waals surface area contributed by atoms with Gasteiger partial charge in [0.1, 0.15) is 0 Å². The van der Waals surface area contributed by atoms with Crippen LogP contribution in [0.15, 0.2) is 54.6 Å². The van der Waals surface area contributed by atoms with Crippen LogP contribution in [-0.2, 0) is 16.0 Å². The Kier molecular flexibility index (Phi) is 6.08. The van der Waals surface area contributed by atoms with Crippen LogP contribution >= 0.6 is 11.3 Å². The minimum atomic E-state index is -0.428. The number of nitrogens with one attached hydrogen (secondary N) is 2. The van der Waals surface area contributed by atoms with Gasteiger partial charge in [0, 0.05) is 16.1 Å².